The van der Waals surface area contributed by atoms with Crippen LogP contribution in [-0.2, 0) is 0 Å². The second-order valence-corrected chi connectivity index (χ2v) is 8.98. The van der Waals surface area contributed by atoms with E-state index in [0.29, 0.717) is 0 Å². The molecule has 180 valence electrons. The summed E-state index contributed by atoms with van der Waals surface area (Å²) in [7, 11) is 0. The monoisotopic (exact) mass is 488 g/mol. The Bertz CT molecular complexity index is 1660. The van der Waals surface area contributed by atoms with Crippen LogP contribution >= 0.6 is 0 Å². The Labute approximate surface area is 221 Å². The zero-order valence-electron chi connectivity index (χ0n) is 20.6. The molecule has 38 heavy (non-hydrogen) atoms. The van der Waals surface area contributed by atoms with Gasteiger partial charge in [0, 0.05) is 0 Å². The highest BCUT2D eigenvalue weighted by Crippen LogP contribution is 2.25. The van der Waals surface area contributed by atoms with Crippen molar-refractivity contribution >= 4 is 56.4 Å². The summed E-state index contributed by atoms with van der Waals surface area (Å²) in [4.78, 5) is 0. The third-order valence-electron chi connectivity index (χ3n) is 6.28. The van der Waals surface area contributed by atoms with Crippen LogP contribution in [0, 0.1) is 0 Å². The van der Waals surface area contributed by atoms with Crippen molar-refractivity contribution in [3.8, 4) is 0 Å². The van der Waals surface area contributed by atoms with Crippen LogP contribution in [0.1, 0.15) is 11.1 Å². The zero-order valence-corrected chi connectivity index (χ0v) is 20.6. The molecular formula is C34H24N4. The first-order valence-corrected chi connectivity index (χ1v) is 12.5. The van der Waals surface area contributed by atoms with Gasteiger partial charge in [-0.3, -0.25) is 0 Å². The zero-order chi connectivity index (χ0) is 25.6. The number of fused-ring (bicyclic) bond motifs is 2. The average molecular weight is 489 g/mol. The Morgan fingerprint density at radius 1 is 0.316 bits per heavy atom. The molecule has 0 aliphatic heterocycles. The van der Waals surface area contributed by atoms with E-state index >= 15 is 0 Å². The molecule has 0 saturated carbocycles. The van der Waals surface area contributed by atoms with E-state index in [1.165, 1.54) is 10.8 Å². The van der Waals surface area contributed by atoms with Crippen LogP contribution < -0.4 is 0 Å². The van der Waals surface area contributed by atoms with Gasteiger partial charge in [0.1, 0.15) is 0 Å². The van der Waals surface area contributed by atoms with Gasteiger partial charge in [-0.2, -0.15) is 20.5 Å². The molecule has 0 aromatic heterocycles. The predicted molar refractivity (Wildman–Crippen MR) is 158 cm³/mol. The quantitative estimate of drug-likeness (QED) is 0.165. The van der Waals surface area contributed by atoms with E-state index < -0.39 is 0 Å². The molecule has 6 aromatic rings. The van der Waals surface area contributed by atoms with Gasteiger partial charge in [0.05, 0.1) is 22.7 Å². The Morgan fingerprint density at radius 3 is 1.08 bits per heavy atom. The topological polar surface area (TPSA) is 49.4 Å². The molecule has 0 N–H and O–H groups in total. The highest BCUT2D eigenvalue weighted by Gasteiger charge is 1.97. The fourth-order valence-electron chi connectivity index (χ4n) is 4.21. The lowest BCUT2D eigenvalue weighted by Crippen LogP contribution is -1.74. The number of nitrogens with zero attached hydrogens (tertiary/aromatic N) is 4. The van der Waals surface area contributed by atoms with Gasteiger partial charge in [-0.05, 0) is 81.2 Å². The van der Waals surface area contributed by atoms with E-state index in [2.05, 4.69) is 69.0 Å². The lowest BCUT2D eigenvalue weighted by atomic mass is 10.1. The van der Waals surface area contributed by atoms with Crippen molar-refractivity contribution < 1.29 is 0 Å². The van der Waals surface area contributed by atoms with Crippen molar-refractivity contribution in [3.63, 3.8) is 0 Å². The van der Waals surface area contributed by atoms with Crippen molar-refractivity contribution in [2.75, 3.05) is 0 Å². The maximum absolute atomic E-state index is 4.40. The molecule has 0 unspecified atom stereocenters. The summed E-state index contributed by atoms with van der Waals surface area (Å²) >= 11 is 0. The second kappa shape index (κ2) is 10.8. The normalized spacial score (nSPS) is 11.9. The van der Waals surface area contributed by atoms with Crippen LogP contribution in [0.2, 0.25) is 0 Å². The lowest BCUT2D eigenvalue weighted by molar-refractivity contribution is 1.23. The first-order valence-electron chi connectivity index (χ1n) is 12.5. The minimum absolute atomic E-state index is 0.816. The van der Waals surface area contributed by atoms with Crippen LogP contribution in [0.4, 0.5) is 22.7 Å². The summed E-state index contributed by atoms with van der Waals surface area (Å²) in [5.74, 6) is 0. The fourth-order valence-corrected chi connectivity index (χ4v) is 4.21. The number of hydrogen-bond donors (Lipinski definition) is 0. The van der Waals surface area contributed by atoms with E-state index in [1.54, 1.807) is 0 Å². The standard InChI is InChI=1S/C34H24N4/c1-3-7-29-23-33(21-15-27(29)5-1)37-35-31-17-11-25(12-18-31)9-10-26-13-19-32(20-14-26)36-38-34-22-16-28-6-2-4-8-30(28)24-34/h1-24H. The van der Waals surface area contributed by atoms with E-state index in [1.807, 2.05) is 97.1 Å². The van der Waals surface area contributed by atoms with Crippen molar-refractivity contribution in [2.24, 2.45) is 20.5 Å². The summed E-state index contributed by atoms with van der Waals surface area (Å²) in [6, 6.07) is 44.7. The molecule has 0 aliphatic carbocycles. The predicted octanol–water partition coefficient (Wildman–Crippen LogP) is 11.0. The van der Waals surface area contributed by atoms with Gasteiger partial charge in [0.2, 0.25) is 0 Å². The molecule has 0 atom stereocenters. The van der Waals surface area contributed by atoms with Crippen LogP contribution in [0.25, 0.3) is 33.7 Å². The summed E-state index contributed by atoms with van der Waals surface area (Å²) in [6.45, 7) is 0. The van der Waals surface area contributed by atoms with Gasteiger partial charge < -0.3 is 0 Å². The Hall–Kier alpha value is -5.22. The number of benzene rings is 6. The van der Waals surface area contributed by atoms with E-state index in [-0.39, 0.29) is 0 Å². The van der Waals surface area contributed by atoms with Crippen molar-refractivity contribution in [1.82, 2.24) is 0 Å². The first-order chi connectivity index (χ1) is 18.8. The molecular weight excluding hydrogens is 464 g/mol. The summed E-state index contributed by atoms with van der Waals surface area (Å²) < 4.78 is 0. The smallest absolute Gasteiger partial charge is 0.0863 e. The van der Waals surface area contributed by atoms with E-state index in [9.17, 15) is 0 Å². The molecule has 6 aromatic carbocycles. The largest absolute Gasteiger partial charge is 0.151 e. The Morgan fingerprint density at radius 2 is 0.658 bits per heavy atom. The fraction of sp³-hybridized carbons (Fsp3) is 0. The molecule has 6 rings (SSSR count). The number of hydrogen-bond acceptors (Lipinski definition) is 4. The van der Waals surface area contributed by atoms with E-state index in [4.69, 9.17) is 0 Å². The van der Waals surface area contributed by atoms with Crippen LogP contribution in [0.15, 0.2) is 154 Å². The van der Waals surface area contributed by atoms with Gasteiger partial charge >= 0.3 is 0 Å². The third kappa shape index (κ3) is 5.61. The molecule has 0 spiro atoms. The van der Waals surface area contributed by atoms with Gasteiger partial charge in [0.25, 0.3) is 0 Å². The molecule has 0 aliphatic rings. The molecule has 4 nitrogen and oxygen atoms in total. The maximum Gasteiger partial charge on any atom is 0.0863 e. The maximum atomic E-state index is 4.40. The van der Waals surface area contributed by atoms with Crippen LogP contribution in [-0.4, -0.2) is 0 Å². The van der Waals surface area contributed by atoms with Gasteiger partial charge in [-0.25, -0.2) is 0 Å². The van der Waals surface area contributed by atoms with Gasteiger partial charge in [-0.15, -0.1) is 0 Å². The lowest BCUT2D eigenvalue weighted by Gasteiger charge is -1.99. The minimum atomic E-state index is 0.816. The number of rotatable bonds is 6. The summed E-state index contributed by atoms with van der Waals surface area (Å²) in [6.07, 6.45) is 4.16. The summed E-state index contributed by atoms with van der Waals surface area (Å²) in [5, 5.41) is 22.3. The third-order valence-corrected chi connectivity index (χ3v) is 6.28. The minimum Gasteiger partial charge on any atom is -0.151 e. The summed E-state index contributed by atoms with van der Waals surface area (Å²) in [5.41, 5.74) is 5.50. The molecule has 0 radical (unpaired) electrons. The molecule has 0 heterocycles. The first kappa shape index (κ1) is 23.2. The van der Waals surface area contributed by atoms with Gasteiger partial charge in [0.15, 0.2) is 0 Å². The van der Waals surface area contributed by atoms with Crippen LogP contribution in [0.5, 0.6) is 0 Å². The second-order valence-electron chi connectivity index (χ2n) is 8.98. The molecule has 0 fully saturated rings. The highest BCUT2D eigenvalue weighted by atomic mass is 15.1. The SMILES string of the molecule is C(=Cc1ccc(N=Nc2ccc3ccccc3c2)cc1)c1ccc(N=Nc2ccc3ccccc3c2)cc1. The Balaban J connectivity index is 1.08. The molecule has 0 amide bonds. The van der Waals surface area contributed by atoms with Crippen molar-refractivity contribution in [3.05, 3.63) is 145 Å². The van der Waals surface area contributed by atoms with E-state index in [0.717, 1.165) is 44.6 Å². The highest BCUT2D eigenvalue weighted by molar-refractivity contribution is 5.85. The van der Waals surface area contributed by atoms with Crippen molar-refractivity contribution in [1.29, 1.82) is 0 Å². The Kier molecular flexibility index (Phi) is 6.60. The van der Waals surface area contributed by atoms with Crippen molar-refractivity contribution in [2.45, 2.75) is 0 Å². The number of azo groups is 2. The molecule has 4 heteroatoms. The molecule has 0 saturated heterocycles. The van der Waals surface area contributed by atoms with Gasteiger partial charge in [-0.1, -0.05) is 97.1 Å². The molecule has 0 bridgehead atoms. The average Bonchev–Trinajstić information content (AvgIpc) is 2.99. The van der Waals surface area contributed by atoms with Crippen LogP contribution in [0.3, 0.4) is 0 Å².